The van der Waals surface area contributed by atoms with Crippen molar-refractivity contribution >= 4 is 5.91 Å². The molecular weight excluding hydrogens is 180 g/mol. The van der Waals surface area contributed by atoms with Gasteiger partial charge in [-0.2, -0.15) is 0 Å². The molecule has 3 atom stereocenters. The van der Waals surface area contributed by atoms with Gasteiger partial charge in [-0.05, 0) is 32.2 Å². The number of hydrogen-bond acceptors (Lipinski definition) is 3. The van der Waals surface area contributed by atoms with E-state index in [0.29, 0.717) is 18.9 Å². The van der Waals surface area contributed by atoms with Crippen molar-refractivity contribution < 1.29 is 9.90 Å². The van der Waals surface area contributed by atoms with Crippen molar-refractivity contribution in [1.82, 2.24) is 10.6 Å². The summed E-state index contributed by atoms with van der Waals surface area (Å²) in [6, 6.07) is -0.0380. The second-order valence-electron chi connectivity index (χ2n) is 4.13. The van der Waals surface area contributed by atoms with Gasteiger partial charge in [0.15, 0.2) is 0 Å². The van der Waals surface area contributed by atoms with Crippen LogP contribution in [0.5, 0.6) is 0 Å². The Labute approximate surface area is 85.1 Å². The Morgan fingerprint density at radius 1 is 1.71 bits per heavy atom. The lowest BCUT2D eigenvalue weighted by atomic mass is 10.0. The fraction of sp³-hybridized carbons (Fsp3) is 0.900. The molecule has 1 saturated heterocycles. The van der Waals surface area contributed by atoms with E-state index in [1.807, 2.05) is 0 Å². The standard InChI is InChI=1S/C10H20N2O2/c1-7-3-5-11-9(7)10(14)12-6-4-8(2)13/h7-9,11,13H,3-6H2,1-2H3,(H,12,14). The average Bonchev–Trinajstić information content (AvgIpc) is 2.50. The molecule has 0 aromatic heterocycles. The van der Waals surface area contributed by atoms with Gasteiger partial charge in [0.2, 0.25) is 5.91 Å². The van der Waals surface area contributed by atoms with Gasteiger partial charge in [-0.1, -0.05) is 6.92 Å². The summed E-state index contributed by atoms with van der Waals surface area (Å²) in [7, 11) is 0. The normalized spacial score (nSPS) is 28.8. The maximum absolute atomic E-state index is 11.6. The number of hydrogen-bond donors (Lipinski definition) is 3. The third-order valence-corrected chi connectivity index (χ3v) is 2.68. The quantitative estimate of drug-likeness (QED) is 0.592. The van der Waals surface area contributed by atoms with Crippen LogP contribution in [-0.4, -0.2) is 36.2 Å². The Bertz CT molecular complexity index is 195. The molecule has 0 bridgehead atoms. The molecule has 1 rings (SSSR count). The number of amides is 1. The van der Waals surface area contributed by atoms with Gasteiger partial charge in [-0.15, -0.1) is 0 Å². The molecule has 0 radical (unpaired) electrons. The zero-order chi connectivity index (χ0) is 10.6. The second-order valence-corrected chi connectivity index (χ2v) is 4.13. The molecule has 1 amide bonds. The van der Waals surface area contributed by atoms with Gasteiger partial charge in [0, 0.05) is 6.54 Å². The Balaban J connectivity index is 2.21. The Morgan fingerprint density at radius 3 is 2.93 bits per heavy atom. The van der Waals surface area contributed by atoms with Crippen LogP contribution in [0.2, 0.25) is 0 Å². The lowest BCUT2D eigenvalue weighted by molar-refractivity contribution is -0.123. The minimum absolute atomic E-state index is 0.0380. The zero-order valence-electron chi connectivity index (χ0n) is 8.92. The summed E-state index contributed by atoms with van der Waals surface area (Å²) in [6.45, 7) is 5.29. The van der Waals surface area contributed by atoms with Gasteiger partial charge in [-0.25, -0.2) is 0 Å². The van der Waals surface area contributed by atoms with E-state index < -0.39 is 0 Å². The third-order valence-electron chi connectivity index (χ3n) is 2.68. The second kappa shape index (κ2) is 5.32. The van der Waals surface area contributed by atoms with E-state index in [1.54, 1.807) is 6.92 Å². The lowest BCUT2D eigenvalue weighted by Gasteiger charge is -2.15. The molecule has 0 aliphatic carbocycles. The third kappa shape index (κ3) is 3.27. The molecule has 0 saturated carbocycles. The van der Waals surface area contributed by atoms with Crippen LogP contribution in [0.1, 0.15) is 26.7 Å². The van der Waals surface area contributed by atoms with Gasteiger partial charge in [-0.3, -0.25) is 4.79 Å². The Hall–Kier alpha value is -0.610. The molecule has 4 nitrogen and oxygen atoms in total. The topological polar surface area (TPSA) is 61.4 Å². The molecular formula is C10H20N2O2. The van der Waals surface area contributed by atoms with E-state index in [9.17, 15) is 4.79 Å². The largest absolute Gasteiger partial charge is 0.393 e. The van der Waals surface area contributed by atoms with Crippen LogP contribution in [0.3, 0.4) is 0 Å². The molecule has 3 unspecified atom stereocenters. The van der Waals surface area contributed by atoms with Crippen LogP contribution in [-0.2, 0) is 4.79 Å². The molecule has 1 aliphatic heterocycles. The maximum atomic E-state index is 11.6. The molecule has 0 aromatic rings. The Morgan fingerprint density at radius 2 is 2.43 bits per heavy atom. The summed E-state index contributed by atoms with van der Waals surface area (Å²) in [4.78, 5) is 11.6. The van der Waals surface area contributed by atoms with Gasteiger partial charge in [0.25, 0.3) is 0 Å². The van der Waals surface area contributed by atoms with Gasteiger partial charge >= 0.3 is 0 Å². The summed E-state index contributed by atoms with van der Waals surface area (Å²) in [5.74, 6) is 0.484. The number of aliphatic hydroxyl groups excluding tert-OH is 1. The van der Waals surface area contributed by atoms with Gasteiger partial charge in [0.05, 0.1) is 12.1 Å². The van der Waals surface area contributed by atoms with E-state index in [-0.39, 0.29) is 18.1 Å². The predicted molar refractivity (Wildman–Crippen MR) is 54.9 cm³/mol. The fourth-order valence-corrected chi connectivity index (χ4v) is 1.70. The first-order valence-corrected chi connectivity index (χ1v) is 5.30. The minimum atomic E-state index is -0.343. The van der Waals surface area contributed by atoms with E-state index in [0.717, 1.165) is 13.0 Å². The first-order chi connectivity index (χ1) is 6.61. The van der Waals surface area contributed by atoms with Crippen molar-refractivity contribution in [3.05, 3.63) is 0 Å². The molecule has 4 heteroatoms. The van der Waals surface area contributed by atoms with Crippen molar-refractivity contribution in [2.24, 2.45) is 5.92 Å². The molecule has 1 heterocycles. The molecule has 1 aliphatic rings. The fourth-order valence-electron chi connectivity index (χ4n) is 1.70. The van der Waals surface area contributed by atoms with Crippen LogP contribution >= 0.6 is 0 Å². The number of rotatable bonds is 4. The minimum Gasteiger partial charge on any atom is -0.393 e. The summed E-state index contributed by atoms with van der Waals surface area (Å²) >= 11 is 0. The van der Waals surface area contributed by atoms with E-state index in [1.165, 1.54) is 0 Å². The number of carbonyl (C=O) groups excluding carboxylic acids is 1. The predicted octanol–water partition coefficient (Wildman–Crippen LogP) is -0.128. The summed E-state index contributed by atoms with van der Waals surface area (Å²) in [5.41, 5.74) is 0. The van der Waals surface area contributed by atoms with Gasteiger partial charge in [0.1, 0.15) is 0 Å². The molecule has 1 fully saturated rings. The van der Waals surface area contributed by atoms with Crippen molar-refractivity contribution in [3.63, 3.8) is 0 Å². The Kier molecular flexibility index (Phi) is 4.35. The highest BCUT2D eigenvalue weighted by Crippen LogP contribution is 2.13. The molecule has 3 N–H and O–H groups in total. The number of nitrogens with one attached hydrogen (secondary N) is 2. The maximum Gasteiger partial charge on any atom is 0.237 e. The van der Waals surface area contributed by atoms with E-state index >= 15 is 0 Å². The highest BCUT2D eigenvalue weighted by atomic mass is 16.3. The SMILES string of the molecule is CC(O)CCNC(=O)C1NCCC1C. The lowest BCUT2D eigenvalue weighted by Crippen LogP contribution is -2.43. The molecule has 82 valence electrons. The van der Waals surface area contributed by atoms with E-state index in [2.05, 4.69) is 17.6 Å². The zero-order valence-corrected chi connectivity index (χ0v) is 8.92. The van der Waals surface area contributed by atoms with Crippen LogP contribution in [0.25, 0.3) is 0 Å². The average molecular weight is 200 g/mol. The number of carbonyl (C=O) groups is 1. The highest BCUT2D eigenvalue weighted by Gasteiger charge is 2.28. The first kappa shape index (κ1) is 11.5. The summed E-state index contributed by atoms with van der Waals surface area (Å²) in [6.07, 6.45) is 1.34. The van der Waals surface area contributed by atoms with Crippen molar-refractivity contribution in [3.8, 4) is 0 Å². The first-order valence-electron chi connectivity index (χ1n) is 5.30. The molecule has 0 spiro atoms. The summed E-state index contributed by atoms with van der Waals surface area (Å²) in [5, 5.41) is 15.0. The van der Waals surface area contributed by atoms with Crippen LogP contribution in [0, 0.1) is 5.92 Å². The molecule has 0 aromatic carbocycles. The summed E-state index contributed by atoms with van der Waals surface area (Å²) < 4.78 is 0. The monoisotopic (exact) mass is 200 g/mol. The molecule has 14 heavy (non-hydrogen) atoms. The smallest absolute Gasteiger partial charge is 0.237 e. The van der Waals surface area contributed by atoms with Gasteiger partial charge < -0.3 is 15.7 Å². The van der Waals surface area contributed by atoms with Crippen LogP contribution in [0.4, 0.5) is 0 Å². The van der Waals surface area contributed by atoms with Crippen LogP contribution < -0.4 is 10.6 Å². The van der Waals surface area contributed by atoms with Crippen molar-refractivity contribution in [1.29, 1.82) is 0 Å². The highest BCUT2D eigenvalue weighted by molar-refractivity contribution is 5.82. The van der Waals surface area contributed by atoms with Crippen LogP contribution in [0.15, 0.2) is 0 Å². The van der Waals surface area contributed by atoms with Crippen molar-refractivity contribution in [2.75, 3.05) is 13.1 Å². The van der Waals surface area contributed by atoms with E-state index in [4.69, 9.17) is 5.11 Å². The number of aliphatic hydroxyl groups is 1. The van der Waals surface area contributed by atoms with Crippen molar-refractivity contribution in [2.45, 2.75) is 38.8 Å².